The monoisotopic (exact) mass is 519 g/mol. The molecule has 0 saturated carbocycles. The van der Waals surface area contributed by atoms with Crippen LogP contribution in [-0.2, 0) is 5.41 Å². The molecule has 1 nitrogen and oxygen atoms in total. The van der Waals surface area contributed by atoms with E-state index in [9.17, 15) is 0 Å². The van der Waals surface area contributed by atoms with Crippen LogP contribution < -0.4 is 4.90 Å². The van der Waals surface area contributed by atoms with Gasteiger partial charge in [-0.15, -0.1) is 0 Å². The zero-order valence-corrected chi connectivity index (χ0v) is 22.1. The highest BCUT2D eigenvalue weighted by Crippen LogP contribution is 2.65. The third-order valence-corrected chi connectivity index (χ3v) is 9.03. The Morgan fingerprint density at radius 1 is 0.538 bits per heavy atom. The molecule has 3 atom stereocenters. The van der Waals surface area contributed by atoms with Crippen molar-refractivity contribution in [3.05, 3.63) is 173 Å². The van der Waals surface area contributed by atoms with E-state index in [0.29, 0.717) is 5.92 Å². The highest BCUT2D eigenvalue weighted by atomic mass is 35.5. The van der Waals surface area contributed by atoms with Gasteiger partial charge in [0.25, 0.3) is 0 Å². The molecule has 1 spiro atoms. The van der Waals surface area contributed by atoms with Crippen LogP contribution in [-0.4, -0.2) is 0 Å². The van der Waals surface area contributed by atoms with Crippen LogP contribution in [0.25, 0.3) is 11.1 Å². The van der Waals surface area contributed by atoms with Gasteiger partial charge in [0.1, 0.15) is 0 Å². The highest BCUT2D eigenvalue weighted by Gasteiger charge is 2.57. The van der Waals surface area contributed by atoms with Crippen LogP contribution in [0, 0.1) is 5.92 Å². The molecular formula is C37H26ClN. The molecule has 3 unspecified atom stereocenters. The highest BCUT2D eigenvalue weighted by molar-refractivity contribution is 6.30. The molecule has 3 aliphatic rings. The van der Waals surface area contributed by atoms with E-state index in [1.54, 1.807) is 0 Å². The summed E-state index contributed by atoms with van der Waals surface area (Å²) in [6.07, 6.45) is 9.23. The van der Waals surface area contributed by atoms with E-state index >= 15 is 0 Å². The second kappa shape index (κ2) is 8.59. The number of anilines is 3. The van der Waals surface area contributed by atoms with E-state index < -0.39 is 0 Å². The van der Waals surface area contributed by atoms with E-state index in [0.717, 1.165) is 22.1 Å². The third kappa shape index (κ3) is 3.14. The second-order valence-electron chi connectivity index (χ2n) is 10.6. The summed E-state index contributed by atoms with van der Waals surface area (Å²) in [5, 5.41) is 0.785. The summed E-state index contributed by atoms with van der Waals surface area (Å²) in [6, 6.07) is 43.8. The van der Waals surface area contributed by atoms with Crippen molar-refractivity contribution in [2.45, 2.75) is 11.3 Å². The number of hydrogen-bond donors (Lipinski definition) is 0. The Hall–Kier alpha value is -4.33. The van der Waals surface area contributed by atoms with Crippen LogP contribution in [0.4, 0.5) is 17.1 Å². The van der Waals surface area contributed by atoms with Crippen molar-refractivity contribution in [1.29, 1.82) is 0 Å². The lowest BCUT2D eigenvalue weighted by Gasteiger charge is -2.36. The minimum atomic E-state index is -0.312. The van der Waals surface area contributed by atoms with E-state index in [1.807, 2.05) is 6.07 Å². The van der Waals surface area contributed by atoms with Gasteiger partial charge < -0.3 is 4.90 Å². The van der Waals surface area contributed by atoms with Gasteiger partial charge in [0.2, 0.25) is 0 Å². The normalized spacial score (nSPS) is 21.4. The van der Waals surface area contributed by atoms with Crippen molar-refractivity contribution >= 4 is 28.7 Å². The summed E-state index contributed by atoms with van der Waals surface area (Å²) < 4.78 is 0. The molecule has 39 heavy (non-hydrogen) atoms. The van der Waals surface area contributed by atoms with E-state index in [-0.39, 0.29) is 11.3 Å². The van der Waals surface area contributed by atoms with Crippen LogP contribution in [0.1, 0.15) is 28.2 Å². The van der Waals surface area contributed by atoms with Crippen LogP contribution in [0.5, 0.6) is 0 Å². The lowest BCUT2D eigenvalue weighted by Crippen LogP contribution is -2.33. The van der Waals surface area contributed by atoms with Crippen molar-refractivity contribution in [3.8, 4) is 11.1 Å². The molecule has 8 rings (SSSR count). The molecule has 186 valence electrons. The first kappa shape index (κ1) is 22.6. The molecule has 5 aromatic carbocycles. The molecule has 0 heterocycles. The fraction of sp³-hybridized carbons (Fsp3) is 0.0811. The Balaban J connectivity index is 1.44. The molecule has 0 bridgehead atoms. The molecule has 5 aromatic rings. The lowest BCUT2D eigenvalue weighted by molar-refractivity contribution is 0.465. The van der Waals surface area contributed by atoms with Gasteiger partial charge in [-0.25, -0.2) is 0 Å². The van der Waals surface area contributed by atoms with Crippen molar-refractivity contribution in [3.63, 3.8) is 0 Å². The van der Waals surface area contributed by atoms with Gasteiger partial charge in [0.15, 0.2) is 0 Å². The average molecular weight is 520 g/mol. The van der Waals surface area contributed by atoms with Crippen molar-refractivity contribution in [2.24, 2.45) is 5.92 Å². The maximum absolute atomic E-state index is 6.73. The number of para-hydroxylation sites is 2. The molecule has 3 aliphatic carbocycles. The predicted molar refractivity (Wildman–Crippen MR) is 162 cm³/mol. The van der Waals surface area contributed by atoms with Crippen LogP contribution in [0.3, 0.4) is 0 Å². The molecule has 0 aromatic heterocycles. The van der Waals surface area contributed by atoms with Crippen molar-refractivity contribution < 1.29 is 0 Å². The lowest BCUT2D eigenvalue weighted by atomic mass is 9.65. The molecular weight excluding hydrogens is 494 g/mol. The number of fused-ring (bicyclic) bond motifs is 10. The second-order valence-corrected chi connectivity index (χ2v) is 11.1. The Morgan fingerprint density at radius 3 is 1.97 bits per heavy atom. The summed E-state index contributed by atoms with van der Waals surface area (Å²) >= 11 is 6.73. The van der Waals surface area contributed by atoms with Crippen LogP contribution >= 0.6 is 11.6 Å². The summed E-state index contributed by atoms with van der Waals surface area (Å²) in [5.74, 6) is 0.578. The van der Waals surface area contributed by atoms with Gasteiger partial charge in [0, 0.05) is 33.9 Å². The van der Waals surface area contributed by atoms with Gasteiger partial charge in [-0.05, 0) is 81.9 Å². The van der Waals surface area contributed by atoms with Gasteiger partial charge in [-0.2, -0.15) is 0 Å². The fourth-order valence-corrected chi connectivity index (χ4v) is 7.52. The Kier molecular flexibility index (Phi) is 4.99. The predicted octanol–water partition coefficient (Wildman–Crippen LogP) is 9.96. The van der Waals surface area contributed by atoms with Crippen LogP contribution in [0.15, 0.2) is 146 Å². The molecule has 2 heteroatoms. The van der Waals surface area contributed by atoms with E-state index in [1.165, 1.54) is 33.4 Å². The Labute approximate surface area is 234 Å². The summed E-state index contributed by atoms with van der Waals surface area (Å²) in [7, 11) is 0. The molecule has 0 fully saturated rings. The van der Waals surface area contributed by atoms with Crippen molar-refractivity contribution in [2.75, 3.05) is 4.90 Å². The molecule has 0 amide bonds. The minimum absolute atomic E-state index is 0.274. The van der Waals surface area contributed by atoms with Crippen LogP contribution in [0.2, 0.25) is 5.02 Å². The summed E-state index contributed by atoms with van der Waals surface area (Å²) in [5.41, 5.74) is 11.2. The van der Waals surface area contributed by atoms with Crippen molar-refractivity contribution in [1.82, 2.24) is 0 Å². The van der Waals surface area contributed by atoms with Gasteiger partial charge >= 0.3 is 0 Å². The van der Waals surface area contributed by atoms with Gasteiger partial charge in [0.05, 0.1) is 5.41 Å². The number of hydrogen-bond acceptors (Lipinski definition) is 1. The first-order valence-electron chi connectivity index (χ1n) is 13.6. The topological polar surface area (TPSA) is 3.24 Å². The van der Waals surface area contributed by atoms with E-state index in [4.69, 9.17) is 11.6 Å². The Bertz CT molecular complexity index is 1750. The number of allylic oxidation sites excluding steroid dienone is 4. The van der Waals surface area contributed by atoms with Gasteiger partial charge in [-0.1, -0.05) is 109 Å². The zero-order chi connectivity index (χ0) is 26.0. The third-order valence-electron chi connectivity index (χ3n) is 8.79. The smallest absolute Gasteiger partial charge is 0.0539 e. The molecule has 0 radical (unpaired) electrons. The quantitative estimate of drug-likeness (QED) is 0.229. The standard InChI is InChI=1S/C37H26ClN/c38-25-19-21-31-29-15-7-9-17-33(29)37(35(31)23-25)34-18-10-8-16-30(34)32-22-20-28(24-36(32)37)39(26-11-3-1-4-12-26)27-13-5-2-6-14-27/h1-24,30,34H. The van der Waals surface area contributed by atoms with Gasteiger partial charge in [-0.3, -0.25) is 0 Å². The average Bonchev–Trinajstić information content (AvgIpc) is 3.45. The SMILES string of the molecule is Clc1ccc2c(c1)C1(c3ccccc3-2)c2cc(N(c3ccccc3)c3ccccc3)ccc2C2C=CC=CC21. The first-order valence-corrected chi connectivity index (χ1v) is 13.9. The first-order chi connectivity index (χ1) is 19.3. The maximum atomic E-state index is 6.73. The largest absolute Gasteiger partial charge is 0.310 e. The number of benzene rings is 5. The zero-order valence-electron chi connectivity index (χ0n) is 21.3. The number of nitrogens with zero attached hydrogens (tertiary/aromatic N) is 1. The number of rotatable bonds is 3. The molecule has 0 aliphatic heterocycles. The minimum Gasteiger partial charge on any atom is -0.310 e. The maximum Gasteiger partial charge on any atom is 0.0539 e. The number of halogens is 1. The molecule has 0 saturated heterocycles. The molecule has 0 N–H and O–H groups in total. The fourth-order valence-electron chi connectivity index (χ4n) is 7.35. The van der Waals surface area contributed by atoms with E-state index in [2.05, 4.69) is 144 Å². The summed E-state index contributed by atoms with van der Waals surface area (Å²) in [6.45, 7) is 0. The Morgan fingerprint density at radius 2 is 1.21 bits per heavy atom. The summed E-state index contributed by atoms with van der Waals surface area (Å²) in [4.78, 5) is 2.36.